The molecule has 114 valence electrons. The molecule has 0 aromatic heterocycles. The third-order valence-corrected chi connectivity index (χ3v) is 3.65. The molecule has 1 aliphatic rings. The molecule has 0 radical (unpaired) electrons. The summed E-state index contributed by atoms with van der Waals surface area (Å²) >= 11 is 0. The maximum absolute atomic E-state index is 12.2. The molecule has 4 nitrogen and oxygen atoms in total. The van der Waals surface area contributed by atoms with Crippen LogP contribution < -0.4 is 0 Å². The van der Waals surface area contributed by atoms with Crippen molar-refractivity contribution in [2.75, 3.05) is 6.54 Å². The number of nitrogens with zero attached hydrogens (tertiary/aromatic N) is 1. The topological polar surface area (TPSA) is 46.6 Å². The molecule has 1 saturated heterocycles. The molecular weight excluding hydrogens is 266 g/mol. The molecule has 1 fully saturated rings. The predicted molar refractivity (Wildman–Crippen MR) is 80.5 cm³/mol. The van der Waals surface area contributed by atoms with E-state index in [1.54, 1.807) is 4.90 Å². The Balaban J connectivity index is 2.05. The van der Waals surface area contributed by atoms with Gasteiger partial charge in [0, 0.05) is 13.0 Å². The molecule has 21 heavy (non-hydrogen) atoms. The highest BCUT2D eigenvalue weighted by atomic mass is 16.6. The van der Waals surface area contributed by atoms with Crippen LogP contribution in [0.3, 0.4) is 0 Å². The van der Waals surface area contributed by atoms with Gasteiger partial charge in [0.2, 0.25) is 5.91 Å². The molecular formula is C17H23NO3. The Labute approximate surface area is 126 Å². The number of benzene rings is 1. The minimum absolute atomic E-state index is 0.0159. The van der Waals surface area contributed by atoms with Gasteiger partial charge in [0.05, 0.1) is 12.0 Å². The van der Waals surface area contributed by atoms with Gasteiger partial charge in [0.25, 0.3) is 0 Å². The fourth-order valence-corrected chi connectivity index (χ4v) is 2.56. The Bertz CT molecular complexity index is 519. The van der Waals surface area contributed by atoms with Gasteiger partial charge in [-0.05, 0) is 33.3 Å². The molecule has 1 aromatic carbocycles. The Morgan fingerprint density at radius 3 is 2.48 bits per heavy atom. The Hall–Kier alpha value is -1.84. The van der Waals surface area contributed by atoms with Crippen molar-refractivity contribution in [1.29, 1.82) is 0 Å². The van der Waals surface area contributed by atoms with E-state index >= 15 is 0 Å². The van der Waals surface area contributed by atoms with Gasteiger partial charge in [0.1, 0.15) is 5.60 Å². The highest BCUT2D eigenvalue weighted by Gasteiger charge is 2.38. The zero-order valence-electron chi connectivity index (χ0n) is 13.1. The lowest BCUT2D eigenvalue weighted by Crippen LogP contribution is -2.32. The lowest BCUT2D eigenvalue weighted by Gasteiger charge is -2.26. The normalized spacial score (nSPS) is 20.5. The van der Waals surface area contributed by atoms with E-state index in [0.29, 0.717) is 6.54 Å². The molecule has 0 spiro atoms. The van der Waals surface area contributed by atoms with Crippen molar-refractivity contribution < 1.29 is 14.3 Å². The lowest BCUT2D eigenvalue weighted by molar-refractivity contribution is -0.159. The molecule has 4 heteroatoms. The van der Waals surface area contributed by atoms with Crippen LogP contribution in [0.25, 0.3) is 0 Å². The fourth-order valence-electron chi connectivity index (χ4n) is 2.56. The van der Waals surface area contributed by atoms with Gasteiger partial charge in [-0.3, -0.25) is 9.59 Å². The summed E-state index contributed by atoms with van der Waals surface area (Å²) in [6, 6.07) is 9.84. The first-order valence-corrected chi connectivity index (χ1v) is 7.35. The van der Waals surface area contributed by atoms with Crippen LogP contribution in [0.15, 0.2) is 30.3 Å². The van der Waals surface area contributed by atoms with Crippen molar-refractivity contribution in [3.8, 4) is 0 Å². The van der Waals surface area contributed by atoms with Gasteiger partial charge in [-0.2, -0.15) is 0 Å². The maximum Gasteiger partial charge on any atom is 0.311 e. The number of likely N-dealkylation sites (tertiary alicyclic amines) is 1. The zero-order valence-corrected chi connectivity index (χ0v) is 13.1. The summed E-state index contributed by atoms with van der Waals surface area (Å²) in [6.07, 6.45) is 0.242. The molecule has 0 bridgehead atoms. The first-order chi connectivity index (χ1) is 9.78. The first kappa shape index (κ1) is 15.5. The molecule has 1 aromatic rings. The van der Waals surface area contributed by atoms with Crippen molar-refractivity contribution in [1.82, 2.24) is 4.90 Å². The van der Waals surface area contributed by atoms with Gasteiger partial charge in [-0.25, -0.2) is 0 Å². The number of hydrogen-bond donors (Lipinski definition) is 0. The van der Waals surface area contributed by atoms with E-state index < -0.39 is 5.60 Å². The second-order valence-electron chi connectivity index (χ2n) is 6.57. The van der Waals surface area contributed by atoms with E-state index in [-0.39, 0.29) is 30.3 Å². The second-order valence-corrected chi connectivity index (χ2v) is 6.57. The highest BCUT2D eigenvalue weighted by Crippen LogP contribution is 2.29. The molecule has 0 saturated carbocycles. The molecule has 0 N–H and O–H groups in total. The van der Waals surface area contributed by atoms with Crippen molar-refractivity contribution in [2.24, 2.45) is 5.92 Å². The van der Waals surface area contributed by atoms with E-state index in [2.05, 4.69) is 0 Å². The van der Waals surface area contributed by atoms with Crippen molar-refractivity contribution in [3.63, 3.8) is 0 Å². The minimum atomic E-state index is -0.515. The zero-order chi connectivity index (χ0) is 15.6. The largest absolute Gasteiger partial charge is 0.460 e. The van der Waals surface area contributed by atoms with Gasteiger partial charge < -0.3 is 9.64 Å². The average Bonchev–Trinajstić information content (AvgIpc) is 2.79. The molecule has 1 aliphatic heterocycles. The standard InChI is InChI=1S/C17H23NO3/c1-12(13-8-6-5-7-9-13)18-11-14(10-15(18)19)16(20)21-17(2,3)4/h5-9,12,14H,10-11H2,1-4H3. The van der Waals surface area contributed by atoms with Gasteiger partial charge >= 0.3 is 5.97 Å². The quantitative estimate of drug-likeness (QED) is 0.804. The van der Waals surface area contributed by atoms with E-state index in [1.807, 2.05) is 58.0 Å². The molecule has 1 heterocycles. The number of ether oxygens (including phenoxy) is 1. The lowest BCUT2D eigenvalue weighted by atomic mass is 10.1. The number of carbonyl (C=O) groups is 2. The molecule has 1 amide bonds. The van der Waals surface area contributed by atoms with Crippen molar-refractivity contribution >= 4 is 11.9 Å². The molecule has 2 rings (SSSR count). The van der Waals surface area contributed by atoms with E-state index in [1.165, 1.54) is 0 Å². The summed E-state index contributed by atoms with van der Waals surface area (Å²) in [5.41, 5.74) is 0.564. The Morgan fingerprint density at radius 1 is 1.29 bits per heavy atom. The van der Waals surface area contributed by atoms with Crippen molar-refractivity contribution in [3.05, 3.63) is 35.9 Å². The van der Waals surface area contributed by atoms with Crippen LogP contribution in [0.4, 0.5) is 0 Å². The van der Waals surface area contributed by atoms with Crippen molar-refractivity contribution in [2.45, 2.75) is 45.8 Å². The molecule has 2 unspecified atom stereocenters. The van der Waals surface area contributed by atoms with Crippen LogP contribution in [0.1, 0.15) is 45.7 Å². The van der Waals surface area contributed by atoms with Gasteiger partial charge in [-0.1, -0.05) is 30.3 Å². The monoisotopic (exact) mass is 289 g/mol. The summed E-state index contributed by atoms with van der Waals surface area (Å²) in [7, 11) is 0. The number of rotatable bonds is 3. The fraction of sp³-hybridized carbons (Fsp3) is 0.529. The van der Waals surface area contributed by atoms with Crippen LogP contribution in [0.2, 0.25) is 0 Å². The van der Waals surface area contributed by atoms with Crippen LogP contribution in [0.5, 0.6) is 0 Å². The van der Waals surface area contributed by atoms with Crippen LogP contribution >= 0.6 is 0 Å². The SMILES string of the molecule is CC(c1ccccc1)N1CC(C(=O)OC(C)(C)C)CC1=O. The van der Waals surface area contributed by atoms with Crippen LogP contribution in [0, 0.1) is 5.92 Å². The Morgan fingerprint density at radius 2 is 1.90 bits per heavy atom. The van der Waals surface area contributed by atoms with E-state index in [0.717, 1.165) is 5.56 Å². The van der Waals surface area contributed by atoms with E-state index in [9.17, 15) is 9.59 Å². The average molecular weight is 289 g/mol. The number of carbonyl (C=O) groups excluding carboxylic acids is 2. The second kappa shape index (κ2) is 5.88. The highest BCUT2D eigenvalue weighted by molar-refractivity contribution is 5.87. The summed E-state index contributed by atoms with van der Waals surface area (Å²) in [4.78, 5) is 26.1. The smallest absolute Gasteiger partial charge is 0.311 e. The molecule has 0 aliphatic carbocycles. The number of esters is 1. The summed E-state index contributed by atoms with van der Waals surface area (Å²) in [5.74, 6) is -0.622. The van der Waals surface area contributed by atoms with Gasteiger partial charge in [0.15, 0.2) is 0 Å². The minimum Gasteiger partial charge on any atom is -0.460 e. The van der Waals surface area contributed by atoms with Gasteiger partial charge in [-0.15, -0.1) is 0 Å². The Kier molecular flexibility index (Phi) is 4.35. The number of amides is 1. The van der Waals surface area contributed by atoms with Crippen LogP contribution in [-0.4, -0.2) is 28.9 Å². The third-order valence-electron chi connectivity index (χ3n) is 3.65. The van der Waals surface area contributed by atoms with Crippen LogP contribution in [-0.2, 0) is 14.3 Å². The van der Waals surface area contributed by atoms with E-state index in [4.69, 9.17) is 4.74 Å². The first-order valence-electron chi connectivity index (χ1n) is 7.35. The number of hydrogen-bond acceptors (Lipinski definition) is 3. The summed E-state index contributed by atoms with van der Waals surface area (Å²) in [6.45, 7) is 7.94. The molecule has 2 atom stereocenters. The predicted octanol–water partition coefficient (Wildman–Crippen LogP) is 2.94. The summed E-state index contributed by atoms with van der Waals surface area (Å²) < 4.78 is 5.39. The maximum atomic E-state index is 12.2. The third kappa shape index (κ3) is 3.84. The summed E-state index contributed by atoms with van der Waals surface area (Å²) in [5, 5.41) is 0.